The summed E-state index contributed by atoms with van der Waals surface area (Å²) < 4.78 is 45.0. The van der Waals surface area contributed by atoms with E-state index >= 15 is 0 Å². The summed E-state index contributed by atoms with van der Waals surface area (Å²) in [6.45, 7) is 5.35. The summed E-state index contributed by atoms with van der Waals surface area (Å²) in [5.41, 5.74) is 4.90. The molecule has 7 nitrogen and oxygen atoms in total. The summed E-state index contributed by atoms with van der Waals surface area (Å²) in [5.74, 6) is -0.0695. The molecule has 3 aromatic rings. The van der Waals surface area contributed by atoms with Crippen molar-refractivity contribution >= 4 is 11.9 Å². The molecule has 1 N–H and O–H groups in total. The Balaban J connectivity index is 0.000000480. The van der Waals surface area contributed by atoms with Crippen LogP contribution in [0, 0.1) is 5.92 Å². The number of fused-ring (bicyclic) bond motifs is 6. The van der Waals surface area contributed by atoms with Crippen molar-refractivity contribution in [2.75, 3.05) is 32.8 Å². The van der Waals surface area contributed by atoms with Crippen molar-refractivity contribution in [3.05, 3.63) is 89.0 Å². The number of nitrogens with zero attached hydrogens (tertiary/aromatic N) is 1. The van der Waals surface area contributed by atoms with Crippen LogP contribution in [0.3, 0.4) is 0 Å². The standard InChI is InChI=1S/C34H38N2O3.C2HF3O2/c37-34(33-28-10-3-5-12-31(28)39-32-13-6-4-11-29(32)33)35-30-23-36(19-16-25(30)17-20-36)18-7-21-38-27-15-14-24-8-1-2-9-26(24)22-27;3-2(4,5)1(6)7/h3-6,10-15,22,25,30,33H,1-2,7-9,16-21,23H2;(H,6,7)/t25?,30-,36?;/m1./s1. The maximum atomic E-state index is 13.9. The first-order chi connectivity index (χ1) is 22.1. The number of amides is 1. The van der Waals surface area contributed by atoms with Crippen LogP contribution < -0.4 is 19.9 Å². The van der Waals surface area contributed by atoms with Gasteiger partial charge >= 0.3 is 6.18 Å². The fourth-order valence-corrected chi connectivity index (χ4v) is 7.61. The number of alkyl halides is 3. The molecule has 2 bridgehead atoms. The van der Waals surface area contributed by atoms with Gasteiger partial charge in [-0.1, -0.05) is 42.5 Å². The van der Waals surface area contributed by atoms with Crippen LogP contribution in [-0.4, -0.2) is 61.4 Å². The SMILES string of the molecule is O=C(N[C@@H]1C[N+]2(CCCOc3ccc4c(c3)CCCC4)CCC1CC2)C1c2ccccc2Oc2ccccc21.O=C([O-])C(F)(F)F. The van der Waals surface area contributed by atoms with E-state index in [9.17, 15) is 18.0 Å². The topological polar surface area (TPSA) is 87.7 Å². The van der Waals surface area contributed by atoms with Gasteiger partial charge in [-0.2, -0.15) is 13.2 Å². The first kappa shape index (κ1) is 31.9. The summed E-state index contributed by atoms with van der Waals surface area (Å²) in [7, 11) is 0. The Bertz CT molecular complexity index is 1520. The van der Waals surface area contributed by atoms with Gasteiger partial charge in [0.15, 0.2) is 0 Å². The zero-order chi connectivity index (χ0) is 32.3. The lowest BCUT2D eigenvalue weighted by atomic mass is 9.80. The van der Waals surface area contributed by atoms with E-state index in [0.29, 0.717) is 5.92 Å². The number of ether oxygens (including phenoxy) is 2. The van der Waals surface area contributed by atoms with Gasteiger partial charge in [0.1, 0.15) is 23.2 Å². The minimum absolute atomic E-state index is 0.103. The fraction of sp³-hybridized carbons (Fsp3) is 0.444. The van der Waals surface area contributed by atoms with Crippen molar-refractivity contribution < 1.29 is 41.8 Å². The van der Waals surface area contributed by atoms with Gasteiger partial charge < -0.3 is 29.2 Å². The molecule has 0 saturated carbocycles. The molecule has 8 rings (SSSR count). The number of aliphatic carboxylic acids is 1. The van der Waals surface area contributed by atoms with Crippen LogP contribution in [0.4, 0.5) is 13.2 Å². The number of carboxylic acid groups (broad SMARTS) is 1. The van der Waals surface area contributed by atoms with E-state index in [4.69, 9.17) is 19.4 Å². The zero-order valence-corrected chi connectivity index (χ0v) is 25.7. The molecule has 3 fully saturated rings. The molecule has 0 unspecified atom stereocenters. The third-order valence-corrected chi connectivity index (χ3v) is 9.97. The lowest BCUT2D eigenvalue weighted by molar-refractivity contribution is -0.944. The average Bonchev–Trinajstić information content (AvgIpc) is 3.06. The average molecular weight is 637 g/mol. The summed E-state index contributed by atoms with van der Waals surface area (Å²) in [6, 6.07) is 22.8. The molecule has 1 atom stereocenters. The number of benzene rings is 3. The van der Waals surface area contributed by atoms with Gasteiger partial charge in [0.2, 0.25) is 5.91 Å². The lowest BCUT2D eigenvalue weighted by Gasteiger charge is -2.53. The fourth-order valence-electron chi connectivity index (χ4n) is 7.61. The number of para-hydroxylation sites is 2. The van der Waals surface area contributed by atoms with Crippen LogP contribution in [0.1, 0.15) is 60.3 Å². The highest BCUT2D eigenvalue weighted by Crippen LogP contribution is 2.44. The molecule has 0 spiro atoms. The maximum Gasteiger partial charge on any atom is 0.430 e. The first-order valence-electron chi connectivity index (χ1n) is 16.2. The second-order valence-corrected chi connectivity index (χ2v) is 12.9. The molecule has 10 heteroatoms. The van der Waals surface area contributed by atoms with E-state index in [1.165, 1.54) is 62.7 Å². The van der Waals surface area contributed by atoms with Crippen LogP contribution >= 0.6 is 0 Å². The molecule has 3 aromatic carbocycles. The highest BCUT2D eigenvalue weighted by Gasteiger charge is 2.47. The smallest absolute Gasteiger partial charge is 0.430 e. The Kier molecular flexibility index (Phi) is 9.27. The number of quaternary nitrogens is 1. The van der Waals surface area contributed by atoms with E-state index in [-0.39, 0.29) is 17.9 Å². The molecule has 4 heterocycles. The Hall–Kier alpha value is -4.05. The Labute approximate surface area is 266 Å². The zero-order valence-electron chi connectivity index (χ0n) is 25.7. The quantitative estimate of drug-likeness (QED) is 0.281. The summed E-state index contributed by atoms with van der Waals surface area (Å²) >= 11 is 0. The highest BCUT2D eigenvalue weighted by atomic mass is 19.4. The minimum Gasteiger partial charge on any atom is -0.542 e. The van der Waals surface area contributed by atoms with Crippen LogP contribution in [0.5, 0.6) is 17.2 Å². The molecular weight excluding hydrogens is 597 g/mol. The second kappa shape index (κ2) is 13.4. The molecule has 244 valence electrons. The molecule has 5 aliphatic rings. The number of hydrogen-bond donors (Lipinski definition) is 1. The monoisotopic (exact) mass is 636 g/mol. The molecule has 1 aliphatic carbocycles. The van der Waals surface area contributed by atoms with Crippen LogP contribution in [0.15, 0.2) is 66.7 Å². The van der Waals surface area contributed by atoms with Crippen molar-refractivity contribution in [1.29, 1.82) is 0 Å². The number of piperidine rings is 3. The third-order valence-electron chi connectivity index (χ3n) is 9.97. The predicted molar refractivity (Wildman–Crippen MR) is 163 cm³/mol. The number of carbonyl (C=O) groups is 2. The molecule has 0 aromatic heterocycles. The number of rotatable bonds is 7. The Morgan fingerprint density at radius 3 is 2.15 bits per heavy atom. The minimum atomic E-state index is -5.19. The lowest BCUT2D eigenvalue weighted by Crippen LogP contribution is -2.67. The van der Waals surface area contributed by atoms with Gasteiger partial charge in [-0.15, -0.1) is 0 Å². The van der Waals surface area contributed by atoms with Crippen molar-refractivity contribution in [1.82, 2.24) is 5.32 Å². The summed E-state index contributed by atoms with van der Waals surface area (Å²) in [4.78, 5) is 22.7. The van der Waals surface area contributed by atoms with Gasteiger partial charge in [0, 0.05) is 30.4 Å². The third kappa shape index (κ3) is 7.02. The van der Waals surface area contributed by atoms with Crippen LogP contribution in [0.2, 0.25) is 0 Å². The van der Waals surface area contributed by atoms with E-state index in [2.05, 4.69) is 23.5 Å². The molecule has 0 radical (unpaired) electrons. The van der Waals surface area contributed by atoms with Gasteiger partial charge in [-0.3, -0.25) is 4.79 Å². The highest BCUT2D eigenvalue weighted by molar-refractivity contribution is 5.90. The molecule has 46 heavy (non-hydrogen) atoms. The van der Waals surface area contributed by atoms with E-state index in [1.54, 1.807) is 0 Å². The van der Waals surface area contributed by atoms with Gasteiger partial charge in [0.25, 0.3) is 0 Å². The predicted octanol–water partition coefficient (Wildman–Crippen LogP) is 5.30. The van der Waals surface area contributed by atoms with Gasteiger partial charge in [-0.25, -0.2) is 0 Å². The van der Waals surface area contributed by atoms with Crippen molar-refractivity contribution in [2.45, 2.75) is 63.1 Å². The second-order valence-electron chi connectivity index (χ2n) is 12.9. The summed E-state index contributed by atoms with van der Waals surface area (Å²) in [5, 5.41) is 12.3. The maximum absolute atomic E-state index is 13.9. The molecule has 1 amide bonds. The Morgan fingerprint density at radius 2 is 1.52 bits per heavy atom. The van der Waals surface area contributed by atoms with Crippen molar-refractivity contribution in [3.8, 4) is 17.2 Å². The van der Waals surface area contributed by atoms with E-state index in [0.717, 1.165) is 59.0 Å². The number of aryl methyl sites for hydroxylation is 2. The normalized spacial score (nSPS) is 23.0. The number of nitrogens with one attached hydrogen (secondary N) is 1. The summed E-state index contributed by atoms with van der Waals surface area (Å²) in [6.07, 6.45) is 3.24. The molecule has 3 saturated heterocycles. The van der Waals surface area contributed by atoms with Gasteiger partial charge in [-0.05, 0) is 67.0 Å². The Morgan fingerprint density at radius 1 is 0.913 bits per heavy atom. The van der Waals surface area contributed by atoms with Crippen molar-refractivity contribution in [2.24, 2.45) is 5.92 Å². The van der Waals surface area contributed by atoms with Crippen LogP contribution in [-0.2, 0) is 22.4 Å². The number of halogens is 3. The van der Waals surface area contributed by atoms with Crippen molar-refractivity contribution in [3.63, 3.8) is 0 Å². The largest absolute Gasteiger partial charge is 0.542 e. The van der Waals surface area contributed by atoms with E-state index < -0.39 is 12.1 Å². The molecule has 4 aliphatic heterocycles. The number of hydrogen-bond acceptors (Lipinski definition) is 5. The van der Waals surface area contributed by atoms with E-state index in [1.807, 2.05) is 48.5 Å². The van der Waals surface area contributed by atoms with Gasteiger partial charge in [0.05, 0.1) is 44.7 Å². The first-order valence-corrected chi connectivity index (χ1v) is 16.2. The van der Waals surface area contributed by atoms with Crippen LogP contribution in [0.25, 0.3) is 0 Å². The molecular formula is C36H39F3N2O5. The number of carbonyl (C=O) groups excluding carboxylic acids is 2. The number of carboxylic acids is 1.